The highest BCUT2D eigenvalue weighted by atomic mass is 16.5. The van der Waals surface area contributed by atoms with Crippen LogP contribution < -0.4 is 15.9 Å². The fourth-order valence-electron chi connectivity index (χ4n) is 6.80. The van der Waals surface area contributed by atoms with Crippen molar-refractivity contribution in [2.75, 3.05) is 0 Å². The van der Waals surface area contributed by atoms with Gasteiger partial charge in [0.25, 0.3) is 11.1 Å². The first kappa shape index (κ1) is 22.6. The summed E-state index contributed by atoms with van der Waals surface area (Å²) < 4.78 is 9.68. The van der Waals surface area contributed by atoms with E-state index in [1.807, 2.05) is 109 Å². The van der Waals surface area contributed by atoms with E-state index in [9.17, 15) is 9.59 Å². The zero-order chi connectivity index (χ0) is 28.4. The second-order valence-corrected chi connectivity index (χ2v) is 11.0. The molecule has 0 atom stereocenters. The third-order valence-electron chi connectivity index (χ3n) is 8.65. The van der Waals surface area contributed by atoms with Crippen LogP contribution in [-0.2, 0) is 0 Å². The van der Waals surface area contributed by atoms with Gasteiger partial charge in [0.2, 0.25) is 0 Å². The Bertz CT molecular complexity index is 2710. The molecule has 7 nitrogen and oxygen atoms in total. The van der Waals surface area contributed by atoms with Crippen LogP contribution in [0.2, 0.25) is 0 Å². The summed E-state index contributed by atoms with van der Waals surface area (Å²) in [6.07, 6.45) is 0. The van der Waals surface area contributed by atoms with E-state index in [-0.39, 0.29) is 11.1 Å². The number of fused-ring (bicyclic) bond motifs is 8. The highest BCUT2D eigenvalue weighted by Gasteiger charge is 2.18. The van der Waals surface area contributed by atoms with E-state index in [0.29, 0.717) is 55.6 Å². The van der Waals surface area contributed by atoms with Gasteiger partial charge in [-0.1, -0.05) is 60.7 Å². The molecule has 0 saturated carbocycles. The summed E-state index contributed by atoms with van der Waals surface area (Å²) in [6, 6.07) is 34.7. The number of benzene rings is 6. The monoisotopic (exact) mass is 554 g/mol. The molecule has 4 aromatic heterocycles. The molecule has 0 spiro atoms. The van der Waals surface area contributed by atoms with Crippen LogP contribution in [0.1, 0.15) is 0 Å². The van der Waals surface area contributed by atoms with Crippen molar-refractivity contribution in [3.63, 3.8) is 0 Å². The van der Waals surface area contributed by atoms with Crippen LogP contribution in [0.15, 0.2) is 119 Å². The first-order chi connectivity index (χ1) is 21.1. The number of ether oxygens (including phenoxy) is 1. The van der Waals surface area contributed by atoms with Crippen LogP contribution >= 0.6 is 0 Å². The molecule has 0 aliphatic rings. The zero-order valence-electron chi connectivity index (χ0n) is 22.4. The van der Waals surface area contributed by atoms with Crippen molar-refractivity contribution in [1.29, 1.82) is 0 Å². The van der Waals surface area contributed by atoms with Crippen molar-refractivity contribution in [2.24, 2.45) is 0 Å². The van der Waals surface area contributed by atoms with Crippen molar-refractivity contribution in [3.05, 3.63) is 130 Å². The van der Waals surface area contributed by atoms with Crippen LogP contribution in [0.3, 0.4) is 0 Å². The third kappa shape index (κ3) is 2.87. The van der Waals surface area contributed by atoms with Crippen molar-refractivity contribution in [2.45, 2.75) is 0 Å². The van der Waals surface area contributed by atoms with Gasteiger partial charge in [0.15, 0.2) is 0 Å². The smallest absolute Gasteiger partial charge is 0.264 e. The average Bonchev–Trinajstić information content (AvgIpc) is 3.61. The molecule has 4 heterocycles. The quantitative estimate of drug-likeness (QED) is 0.224. The number of imidazole rings is 2. The molecule has 0 aliphatic carbocycles. The first-order valence-corrected chi connectivity index (χ1v) is 14.0. The van der Waals surface area contributed by atoms with Gasteiger partial charge < -0.3 is 4.74 Å². The van der Waals surface area contributed by atoms with E-state index in [2.05, 4.69) is 0 Å². The lowest BCUT2D eigenvalue weighted by Crippen LogP contribution is -2.13. The Hall–Kier alpha value is -6.08. The van der Waals surface area contributed by atoms with Gasteiger partial charge in [-0.25, -0.2) is 9.97 Å². The lowest BCUT2D eigenvalue weighted by molar-refractivity contribution is 0.484. The molecule has 43 heavy (non-hydrogen) atoms. The van der Waals surface area contributed by atoms with E-state index in [1.54, 1.807) is 8.80 Å². The lowest BCUT2D eigenvalue weighted by atomic mass is 10.0. The Labute approximate surface area is 241 Å². The van der Waals surface area contributed by atoms with Crippen molar-refractivity contribution >= 4 is 76.5 Å². The van der Waals surface area contributed by atoms with E-state index >= 15 is 0 Å². The Morgan fingerprint density at radius 3 is 1.35 bits per heavy atom. The molecule has 0 fully saturated rings. The molecular formula is C36H18N4O3. The van der Waals surface area contributed by atoms with Gasteiger partial charge in [-0.15, -0.1) is 0 Å². The summed E-state index contributed by atoms with van der Waals surface area (Å²) in [5.74, 6) is 1.11. The second-order valence-electron chi connectivity index (χ2n) is 11.0. The molecule has 0 amide bonds. The topological polar surface area (TPSA) is 78.0 Å². The maximum Gasteiger partial charge on any atom is 0.264 e. The number of nitrogens with zero attached hydrogens (tertiary/aromatic N) is 4. The Morgan fingerprint density at radius 2 is 0.907 bits per heavy atom. The average molecular weight is 555 g/mol. The minimum atomic E-state index is -0.111. The third-order valence-corrected chi connectivity index (χ3v) is 8.65. The maximum absolute atomic E-state index is 13.7. The standard InChI is InChI=1S/C36H18N4O3/c41-35-25-11-3-7-19-5-1-9-23(31(19)25)33-37-27-15-13-21(17-29(27)39(33)35)43-22-14-16-28-30(18-22)40-34(38-28)24-10-2-6-20-8-4-12-26(32(20)24)36(40)42/h1-18H. The summed E-state index contributed by atoms with van der Waals surface area (Å²) in [4.78, 5) is 37.1. The number of hydrogen-bond acceptors (Lipinski definition) is 5. The van der Waals surface area contributed by atoms with Gasteiger partial charge in [-0.3, -0.25) is 18.4 Å². The summed E-state index contributed by atoms with van der Waals surface area (Å²) in [5, 5.41) is 7.07. The zero-order valence-corrected chi connectivity index (χ0v) is 22.4. The fourth-order valence-corrected chi connectivity index (χ4v) is 6.80. The number of pyridine rings is 2. The van der Waals surface area contributed by atoms with Crippen molar-refractivity contribution < 1.29 is 4.74 Å². The molecular weight excluding hydrogens is 536 g/mol. The number of rotatable bonds is 2. The van der Waals surface area contributed by atoms with E-state index in [1.165, 1.54) is 0 Å². The van der Waals surface area contributed by atoms with Gasteiger partial charge in [0.1, 0.15) is 22.8 Å². The number of aromatic nitrogens is 4. The van der Waals surface area contributed by atoms with E-state index in [4.69, 9.17) is 14.7 Å². The molecule has 0 bridgehead atoms. The second kappa shape index (κ2) is 7.80. The molecule has 200 valence electrons. The summed E-state index contributed by atoms with van der Waals surface area (Å²) in [7, 11) is 0. The molecule has 6 aromatic carbocycles. The Morgan fingerprint density at radius 1 is 0.488 bits per heavy atom. The van der Waals surface area contributed by atoms with Crippen LogP contribution in [0.25, 0.3) is 76.5 Å². The van der Waals surface area contributed by atoms with Crippen LogP contribution in [0, 0.1) is 0 Å². The Kier molecular flexibility index (Phi) is 4.10. The summed E-state index contributed by atoms with van der Waals surface area (Å²) in [6.45, 7) is 0. The molecule has 10 aromatic rings. The highest BCUT2D eigenvalue weighted by Crippen LogP contribution is 2.34. The van der Waals surface area contributed by atoms with Crippen LogP contribution in [-0.4, -0.2) is 18.8 Å². The van der Waals surface area contributed by atoms with Gasteiger partial charge in [0, 0.05) is 44.5 Å². The molecule has 10 rings (SSSR count). The number of hydrogen-bond donors (Lipinski definition) is 0. The largest absolute Gasteiger partial charge is 0.457 e. The molecule has 0 radical (unpaired) electrons. The minimum Gasteiger partial charge on any atom is -0.457 e. The molecule has 0 unspecified atom stereocenters. The minimum absolute atomic E-state index is 0.111. The van der Waals surface area contributed by atoms with Crippen molar-refractivity contribution in [3.8, 4) is 11.5 Å². The van der Waals surface area contributed by atoms with Crippen LogP contribution in [0.5, 0.6) is 11.5 Å². The molecule has 0 N–H and O–H groups in total. The lowest BCUT2D eigenvalue weighted by Gasteiger charge is -2.08. The first-order valence-electron chi connectivity index (χ1n) is 14.0. The predicted molar refractivity (Wildman–Crippen MR) is 170 cm³/mol. The summed E-state index contributed by atoms with van der Waals surface area (Å²) >= 11 is 0. The van der Waals surface area contributed by atoms with Crippen LogP contribution in [0.4, 0.5) is 0 Å². The maximum atomic E-state index is 13.7. The normalized spacial score (nSPS) is 12.4. The van der Waals surface area contributed by atoms with Gasteiger partial charge in [0.05, 0.1) is 22.1 Å². The van der Waals surface area contributed by atoms with E-state index < -0.39 is 0 Å². The van der Waals surface area contributed by atoms with Gasteiger partial charge >= 0.3 is 0 Å². The van der Waals surface area contributed by atoms with Gasteiger partial charge in [-0.2, -0.15) is 0 Å². The molecule has 0 aliphatic heterocycles. The molecule has 0 saturated heterocycles. The van der Waals surface area contributed by atoms with Gasteiger partial charge in [-0.05, 0) is 47.2 Å². The fraction of sp³-hybridized carbons (Fsp3) is 0. The van der Waals surface area contributed by atoms with E-state index in [0.717, 1.165) is 32.3 Å². The Balaban J connectivity index is 1.17. The SMILES string of the molecule is O=c1c2cccc3cccc(c32)c2nc3ccc(Oc4ccc5nc6c7cccc8cccc(c(=O)n6c5c4)c87)cc3n12. The highest BCUT2D eigenvalue weighted by molar-refractivity contribution is 6.16. The summed E-state index contributed by atoms with van der Waals surface area (Å²) in [5.41, 5.74) is 3.79. The molecule has 7 heteroatoms. The van der Waals surface area contributed by atoms with Crippen molar-refractivity contribution in [1.82, 2.24) is 18.8 Å². The predicted octanol–water partition coefficient (Wildman–Crippen LogP) is 7.29.